The van der Waals surface area contributed by atoms with Gasteiger partial charge in [0, 0.05) is 18.6 Å². The first-order valence-electron chi connectivity index (χ1n) is 7.17. The van der Waals surface area contributed by atoms with Gasteiger partial charge in [0.25, 0.3) is 0 Å². The van der Waals surface area contributed by atoms with Crippen molar-refractivity contribution in [1.82, 2.24) is 0 Å². The van der Waals surface area contributed by atoms with E-state index in [2.05, 4.69) is 6.92 Å². The van der Waals surface area contributed by atoms with Crippen LogP contribution in [0.3, 0.4) is 0 Å². The summed E-state index contributed by atoms with van der Waals surface area (Å²) in [6, 6.07) is 7.47. The maximum Gasteiger partial charge on any atom is 0.163 e. The van der Waals surface area contributed by atoms with Crippen LogP contribution in [0.15, 0.2) is 24.3 Å². The minimum absolute atomic E-state index is 0.178. The van der Waals surface area contributed by atoms with Crippen LogP contribution in [0.4, 0.5) is 0 Å². The molecular formula is C16H22O3. The molecule has 0 spiro atoms. The summed E-state index contributed by atoms with van der Waals surface area (Å²) in [4.78, 5) is 12.1. The average molecular weight is 262 g/mol. The van der Waals surface area contributed by atoms with E-state index < -0.39 is 0 Å². The molecule has 1 unspecified atom stereocenters. The second kappa shape index (κ2) is 7.29. The van der Waals surface area contributed by atoms with Crippen LogP contribution < -0.4 is 4.74 Å². The van der Waals surface area contributed by atoms with Crippen LogP contribution in [0, 0.1) is 0 Å². The fraction of sp³-hybridized carbons (Fsp3) is 0.562. The van der Waals surface area contributed by atoms with E-state index >= 15 is 0 Å². The summed E-state index contributed by atoms with van der Waals surface area (Å²) in [6.07, 6.45) is 4.85. The molecule has 1 saturated heterocycles. The van der Waals surface area contributed by atoms with E-state index in [9.17, 15) is 4.79 Å². The maximum absolute atomic E-state index is 12.1. The molecule has 1 aromatic carbocycles. The molecule has 1 heterocycles. The van der Waals surface area contributed by atoms with Crippen LogP contribution in [0.2, 0.25) is 0 Å². The molecule has 1 fully saturated rings. The number of benzene rings is 1. The van der Waals surface area contributed by atoms with Crippen molar-refractivity contribution in [1.29, 1.82) is 0 Å². The lowest BCUT2D eigenvalue weighted by atomic mass is 10.0. The van der Waals surface area contributed by atoms with Gasteiger partial charge in [0.1, 0.15) is 5.75 Å². The standard InChI is InChI=1S/C16H22O3/c1-2-10-18-15-6-3-5-13(12-15)16(17)9-8-14-7-4-11-19-14/h3,5-6,12,14H,2,4,7-11H2,1H3. The molecule has 19 heavy (non-hydrogen) atoms. The van der Waals surface area contributed by atoms with Crippen molar-refractivity contribution >= 4 is 5.78 Å². The van der Waals surface area contributed by atoms with Gasteiger partial charge in [0.15, 0.2) is 5.78 Å². The third kappa shape index (κ3) is 4.35. The van der Waals surface area contributed by atoms with Gasteiger partial charge in [-0.1, -0.05) is 19.1 Å². The monoisotopic (exact) mass is 262 g/mol. The highest BCUT2D eigenvalue weighted by Crippen LogP contribution is 2.20. The van der Waals surface area contributed by atoms with Crippen molar-refractivity contribution in [3.8, 4) is 5.75 Å². The summed E-state index contributed by atoms with van der Waals surface area (Å²) >= 11 is 0. The predicted octanol–water partition coefficient (Wildman–Crippen LogP) is 3.62. The molecule has 0 amide bonds. The van der Waals surface area contributed by atoms with Gasteiger partial charge >= 0.3 is 0 Å². The maximum atomic E-state index is 12.1. The van der Waals surface area contributed by atoms with Crippen LogP contribution in [-0.2, 0) is 4.74 Å². The number of ketones is 1. The number of ether oxygens (including phenoxy) is 2. The van der Waals surface area contributed by atoms with Crippen molar-refractivity contribution in [2.75, 3.05) is 13.2 Å². The lowest BCUT2D eigenvalue weighted by Crippen LogP contribution is -2.09. The summed E-state index contributed by atoms with van der Waals surface area (Å²) in [7, 11) is 0. The minimum atomic E-state index is 0.178. The van der Waals surface area contributed by atoms with E-state index in [1.54, 1.807) is 0 Å². The van der Waals surface area contributed by atoms with Crippen molar-refractivity contribution in [3.63, 3.8) is 0 Å². The number of hydrogen-bond donors (Lipinski definition) is 0. The van der Waals surface area contributed by atoms with Crippen LogP contribution in [0.1, 0.15) is 49.4 Å². The first kappa shape index (κ1) is 14.1. The molecule has 3 nitrogen and oxygen atoms in total. The van der Waals surface area contributed by atoms with Crippen molar-refractivity contribution in [2.24, 2.45) is 0 Å². The molecule has 1 atom stereocenters. The molecular weight excluding hydrogens is 240 g/mol. The van der Waals surface area contributed by atoms with Gasteiger partial charge in [-0.15, -0.1) is 0 Å². The molecule has 104 valence electrons. The van der Waals surface area contributed by atoms with E-state index in [0.717, 1.165) is 43.6 Å². The Hall–Kier alpha value is -1.35. The van der Waals surface area contributed by atoms with Gasteiger partial charge < -0.3 is 9.47 Å². The highest BCUT2D eigenvalue weighted by atomic mass is 16.5. The van der Waals surface area contributed by atoms with Gasteiger partial charge in [0.05, 0.1) is 12.7 Å². The summed E-state index contributed by atoms with van der Waals surface area (Å²) in [5.41, 5.74) is 0.742. The Morgan fingerprint density at radius 1 is 1.47 bits per heavy atom. The highest BCUT2D eigenvalue weighted by molar-refractivity contribution is 5.96. The molecule has 1 aliphatic heterocycles. The van der Waals surface area contributed by atoms with Crippen LogP contribution >= 0.6 is 0 Å². The van der Waals surface area contributed by atoms with E-state index in [4.69, 9.17) is 9.47 Å². The number of Topliss-reactive ketones (excluding diaryl/α,β-unsaturated/α-hetero) is 1. The zero-order valence-electron chi connectivity index (χ0n) is 11.6. The van der Waals surface area contributed by atoms with Gasteiger partial charge in [-0.2, -0.15) is 0 Å². The summed E-state index contributed by atoms with van der Waals surface area (Å²) in [5.74, 6) is 0.960. The smallest absolute Gasteiger partial charge is 0.163 e. The highest BCUT2D eigenvalue weighted by Gasteiger charge is 2.17. The average Bonchev–Trinajstić information content (AvgIpc) is 2.96. The van der Waals surface area contributed by atoms with Crippen LogP contribution in [0.5, 0.6) is 5.75 Å². The van der Waals surface area contributed by atoms with E-state index in [1.165, 1.54) is 0 Å². The lowest BCUT2D eigenvalue weighted by molar-refractivity contribution is 0.0859. The SMILES string of the molecule is CCCOc1cccc(C(=O)CCC2CCCO2)c1. The van der Waals surface area contributed by atoms with Crippen LogP contribution in [-0.4, -0.2) is 25.1 Å². The Kier molecular flexibility index (Phi) is 5.40. The summed E-state index contributed by atoms with van der Waals surface area (Å²) in [6.45, 7) is 3.60. The largest absolute Gasteiger partial charge is 0.494 e. The Labute approximate surface area is 114 Å². The molecule has 0 aromatic heterocycles. The fourth-order valence-electron chi connectivity index (χ4n) is 2.29. The van der Waals surface area contributed by atoms with Gasteiger partial charge in [-0.05, 0) is 37.8 Å². The Morgan fingerprint density at radius 2 is 2.37 bits per heavy atom. The number of carbonyl (C=O) groups excluding carboxylic acids is 1. The molecule has 0 N–H and O–H groups in total. The molecule has 0 saturated carbocycles. The molecule has 2 rings (SSSR count). The van der Waals surface area contributed by atoms with Crippen LogP contribution in [0.25, 0.3) is 0 Å². The second-order valence-corrected chi connectivity index (χ2v) is 4.97. The molecule has 3 heteroatoms. The fourth-order valence-corrected chi connectivity index (χ4v) is 2.29. The number of carbonyl (C=O) groups is 1. The third-order valence-corrected chi connectivity index (χ3v) is 3.35. The molecule has 1 aliphatic rings. The molecule has 0 radical (unpaired) electrons. The third-order valence-electron chi connectivity index (χ3n) is 3.35. The predicted molar refractivity (Wildman–Crippen MR) is 74.8 cm³/mol. The Balaban J connectivity index is 1.86. The quantitative estimate of drug-likeness (QED) is 0.704. The van der Waals surface area contributed by atoms with Gasteiger partial charge in [0.2, 0.25) is 0 Å². The minimum Gasteiger partial charge on any atom is -0.494 e. The molecule has 0 aliphatic carbocycles. The number of hydrogen-bond acceptors (Lipinski definition) is 3. The normalized spacial score (nSPS) is 18.5. The first-order chi connectivity index (χ1) is 9.29. The van der Waals surface area contributed by atoms with Gasteiger partial charge in [-0.3, -0.25) is 4.79 Å². The molecule has 1 aromatic rings. The van der Waals surface area contributed by atoms with E-state index in [0.29, 0.717) is 13.0 Å². The van der Waals surface area contributed by atoms with Crippen molar-refractivity contribution in [3.05, 3.63) is 29.8 Å². The first-order valence-corrected chi connectivity index (χ1v) is 7.17. The second-order valence-electron chi connectivity index (χ2n) is 4.97. The Bertz CT molecular complexity index is 408. The zero-order chi connectivity index (χ0) is 13.5. The van der Waals surface area contributed by atoms with Crippen molar-refractivity contribution < 1.29 is 14.3 Å². The Morgan fingerprint density at radius 3 is 3.11 bits per heavy atom. The zero-order valence-corrected chi connectivity index (χ0v) is 11.6. The topological polar surface area (TPSA) is 35.5 Å². The van der Waals surface area contributed by atoms with E-state index in [1.807, 2.05) is 24.3 Å². The lowest BCUT2D eigenvalue weighted by Gasteiger charge is -2.09. The summed E-state index contributed by atoms with van der Waals surface area (Å²) in [5, 5.41) is 0. The summed E-state index contributed by atoms with van der Waals surface area (Å²) < 4.78 is 11.1. The van der Waals surface area contributed by atoms with Crippen molar-refractivity contribution in [2.45, 2.75) is 45.1 Å². The van der Waals surface area contributed by atoms with Gasteiger partial charge in [-0.25, -0.2) is 0 Å². The van der Waals surface area contributed by atoms with E-state index in [-0.39, 0.29) is 11.9 Å². The molecule has 0 bridgehead atoms. The number of rotatable bonds is 7.